The molecule has 1 fully saturated rings. The lowest BCUT2D eigenvalue weighted by molar-refractivity contribution is -0.0596. The molecular formula is C18H19F4N5O2. The summed E-state index contributed by atoms with van der Waals surface area (Å²) in [4.78, 5) is 20.8. The van der Waals surface area contributed by atoms with Crippen LogP contribution in [0, 0.1) is 5.82 Å². The first-order valence-electron chi connectivity index (χ1n) is 8.96. The number of amidine groups is 1. The third kappa shape index (κ3) is 5.17. The number of aliphatic hydroxyl groups excluding tert-OH is 1. The van der Waals surface area contributed by atoms with E-state index in [0.717, 1.165) is 25.0 Å². The van der Waals surface area contributed by atoms with Crippen molar-refractivity contribution in [1.82, 2.24) is 10.7 Å². The zero-order chi connectivity index (χ0) is 21.1. The van der Waals surface area contributed by atoms with Gasteiger partial charge in [0, 0.05) is 5.56 Å². The van der Waals surface area contributed by atoms with Gasteiger partial charge in [-0.1, -0.05) is 12.8 Å². The first kappa shape index (κ1) is 20.9. The minimum atomic E-state index is -4.60. The molecule has 2 aliphatic rings. The number of halogens is 4. The summed E-state index contributed by atoms with van der Waals surface area (Å²) in [5, 5.41) is 15.4. The van der Waals surface area contributed by atoms with Crippen molar-refractivity contribution in [2.24, 2.45) is 15.1 Å². The fourth-order valence-electron chi connectivity index (χ4n) is 3.14. The van der Waals surface area contributed by atoms with E-state index in [1.165, 1.54) is 12.1 Å². The van der Waals surface area contributed by atoms with Crippen molar-refractivity contribution < 1.29 is 27.5 Å². The number of hydrogen-bond donors (Lipinski definition) is 3. The molecule has 0 aromatic heterocycles. The van der Waals surface area contributed by atoms with Crippen LogP contribution in [0.25, 0.3) is 0 Å². The van der Waals surface area contributed by atoms with Gasteiger partial charge in [0.05, 0.1) is 18.6 Å². The maximum absolute atomic E-state index is 13.1. The number of alkyl halides is 3. The number of nitrogens with one attached hydrogen (secondary N) is 2. The molecule has 0 atom stereocenters. The first-order chi connectivity index (χ1) is 13.7. The molecule has 29 heavy (non-hydrogen) atoms. The molecule has 7 nitrogen and oxygen atoms in total. The fourth-order valence-corrected chi connectivity index (χ4v) is 3.14. The van der Waals surface area contributed by atoms with Crippen molar-refractivity contribution in [2.75, 3.05) is 6.61 Å². The number of guanidine groups is 1. The summed E-state index contributed by atoms with van der Waals surface area (Å²) >= 11 is 0. The number of carbonyl (C=O) groups excluding carboxylic acids is 1. The van der Waals surface area contributed by atoms with Gasteiger partial charge < -0.3 is 5.11 Å². The Morgan fingerprint density at radius 3 is 2.45 bits per heavy atom. The Morgan fingerprint density at radius 1 is 1.24 bits per heavy atom. The monoisotopic (exact) mass is 413 g/mol. The zero-order valence-electron chi connectivity index (χ0n) is 15.3. The van der Waals surface area contributed by atoms with E-state index in [0.29, 0.717) is 12.8 Å². The molecule has 1 aliphatic carbocycles. The summed E-state index contributed by atoms with van der Waals surface area (Å²) in [6, 6.07) is 4.72. The van der Waals surface area contributed by atoms with Gasteiger partial charge in [-0.25, -0.2) is 9.38 Å². The minimum Gasteiger partial charge on any atom is -0.394 e. The zero-order valence-corrected chi connectivity index (χ0v) is 15.3. The number of hydrogen-bond acceptors (Lipinski definition) is 4. The van der Waals surface area contributed by atoms with E-state index in [2.05, 4.69) is 25.8 Å². The lowest BCUT2D eigenvalue weighted by atomic mass is 10.0. The molecule has 156 valence electrons. The highest BCUT2D eigenvalue weighted by atomic mass is 19.4. The van der Waals surface area contributed by atoms with Gasteiger partial charge in [0.1, 0.15) is 17.4 Å². The molecule has 0 saturated heterocycles. The molecule has 1 heterocycles. The third-order valence-electron chi connectivity index (χ3n) is 4.73. The van der Waals surface area contributed by atoms with E-state index < -0.39 is 35.6 Å². The summed E-state index contributed by atoms with van der Waals surface area (Å²) in [6.07, 6.45) is -2.44. The molecule has 0 radical (unpaired) electrons. The van der Waals surface area contributed by atoms with Crippen molar-refractivity contribution >= 4 is 23.4 Å². The van der Waals surface area contributed by atoms with Crippen LogP contribution in [0.3, 0.4) is 0 Å². The van der Waals surface area contributed by atoms with Crippen LogP contribution in [-0.2, 0) is 0 Å². The van der Waals surface area contributed by atoms with Crippen molar-refractivity contribution in [3.63, 3.8) is 0 Å². The largest absolute Gasteiger partial charge is 0.431 e. The number of amides is 1. The van der Waals surface area contributed by atoms with E-state index in [1.54, 1.807) is 0 Å². The van der Waals surface area contributed by atoms with Gasteiger partial charge in [-0.3, -0.25) is 15.5 Å². The number of nitrogens with zero attached hydrogens (tertiary/aromatic N) is 3. The van der Waals surface area contributed by atoms with Crippen LogP contribution in [0.5, 0.6) is 0 Å². The summed E-state index contributed by atoms with van der Waals surface area (Å²) in [6.45, 7) is -0.286. The maximum atomic E-state index is 13.1. The molecule has 0 unspecified atom stereocenters. The van der Waals surface area contributed by atoms with Crippen LogP contribution in [0.2, 0.25) is 0 Å². The van der Waals surface area contributed by atoms with Crippen molar-refractivity contribution in [1.29, 1.82) is 0 Å². The topological polar surface area (TPSA) is 98.4 Å². The van der Waals surface area contributed by atoms with Gasteiger partial charge in [0.15, 0.2) is 0 Å². The van der Waals surface area contributed by atoms with Crippen LogP contribution < -0.4 is 10.7 Å². The van der Waals surface area contributed by atoms with Crippen LogP contribution in [0.4, 0.5) is 17.6 Å². The average Bonchev–Trinajstić information content (AvgIpc) is 3.32. The van der Waals surface area contributed by atoms with E-state index in [-0.39, 0.29) is 24.0 Å². The summed E-state index contributed by atoms with van der Waals surface area (Å²) in [5.74, 6) is -1.56. The Hall–Kier alpha value is -2.82. The minimum absolute atomic E-state index is 0.121. The van der Waals surface area contributed by atoms with Gasteiger partial charge in [-0.05, 0) is 37.1 Å². The van der Waals surface area contributed by atoms with Crippen LogP contribution in [0.15, 0.2) is 39.4 Å². The highest BCUT2D eigenvalue weighted by Crippen LogP contribution is 2.33. The molecular weight excluding hydrogens is 394 g/mol. The SMILES string of the molecule is O=C(NC(N=C1CC(C(F)(F)F)=NN1)=NC1(CO)CCCC1)c1ccc(F)cc1. The van der Waals surface area contributed by atoms with E-state index in [9.17, 15) is 27.5 Å². The fraction of sp³-hybridized carbons (Fsp3) is 0.444. The third-order valence-corrected chi connectivity index (χ3v) is 4.73. The second-order valence-electron chi connectivity index (χ2n) is 6.89. The van der Waals surface area contributed by atoms with Gasteiger partial charge in [0.2, 0.25) is 5.96 Å². The number of aliphatic imine (C=N–C) groups is 2. The summed E-state index contributed by atoms with van der Waals surface area (Å²) in [7, 11) is 0. The van der Waals surface area contributed by atoms with Gasteiger partial charge in [-0.15, -0.1) is 0 Å². The van der Waals surface area contributed by atoms with Crippen molar-refractivity contribution in [2.45, 2.75) is 43.8 Å². The molecule has 1 aromatic carbocycles. The Kier molecular flexibility index (Phi) is 5.96. The summed E-state index contributed by atoms with van der Waals surface area (Å²) in [5.41, 5.74) is 0.411. The average molecular weight is 413 g/mol. The van der Waals surface area contributed by atoms with Gasteiger partial charge in [-0.2, -0.15) is 23.3 Å². The quantitative estimate of drug-likeness (QED) is 0.404. The smallest absolute Gasteiger partial charge is 0.394 e. The maximum Gasteiger partial charge on any atom is 0.431 e. The highest BCUT2D eigenvalue weighted by molar-refractivity contribution is 6.14. The predicted molar refractivity (Wildman–Crippen MR) is 98.3 cm³/mol. The molecule has 3 N–H and O–H groups in total. The first-order valence-corrected chi connectivity index (χ1v) is 8.96. The Morgan fingerprint density at radius 2 is 1.90 bits per heavy atom. The number of hydrazone groups is 1. The molecule has 0 bridgehead atoms. The van der Waals surface area contributed by atoms with Crippen LogP contribution >= 0.6 is 0 Å². The molecule has 1 aliphatic heterocycles. The normalized spacial score (nSPS) is 20.5. The van der Waals surface area contributed by atoms with E-state index in [1.807, 2.05) is 0 Å². The summed E-state index contributed by atoms with van der Waals surface area (Å²) < 4.78 is 51.4. The molecule has 0 spiro atoms. The number of aliphatic hydroxyl groups is 1. The standard InChI is InChI=1S/C18H19F4N5O2/c19-12-5-3-11(4-6-12)15(29)24-16(25-17(10-28)7-1-2-8-17)23-14-9-13(26-27-14)18(20,21)22/h3-6,28H,1-2,7-10H2,(H2,23,24,25,27,29). The molecule has 11 heteroatoms. The lowest BCUT2D eigenvalue weighted by Gasteiger charge is -2.22. The van der Waals surface area contributed by atoms with E-state index >= 15 is 0 Å². The predicted octanol–water partition coefficient (Wildman–Crippen LogP) is 2.53. The molecule has 1 saturated carbocycles. The lowest BCUT2D eigenvalue weighted by Crippen LogP contribution is -2.36. The Balaban J connectivity index is 1.85. The number of rotatable bonds is 3. The number of carbonyl (C=O) groups is 1. The second kappa shape index (κ2) is 8.27. The second-order valence-corrected chi connectivity index (χ2v) is 6.89. The van der Waals surface area contributed by atoms with E-state index in [4.69, 9.17) is 0 Å². The number of benzene rings is 1. The van der Waals surface area contributed by atoms with Crippen LogP contribution in [0.1, 0.15) is 42.5 Å². The Labute approximate surface area is 163 Å². The van der Waals surface area contributed by atoms with Crippen molar-refractivity contribution in [3.05, 3.63) is 35.6 Å². The molecule has 3 rings (SSSR count). The highest BCUT2D eigenvalue weighted by Gasteiger charge is 2.39. The Bertz CT molecular complexity index is 856. The van der Waals surface area contributed by atoms with Gasteiger partial charge >= 0.3 is 6.18 Å². The van der Waals surface area contributed by atoms with Gasteiger partial charge in [0.25, 0.3) is 5.91 Å². The van der Waals surface area contributed by atoms with Crippen molar-refractivity contribution in [3.8, 4) is 0 Å². The molecule has 1 amide bonds. The van der Waals surface area contributed by atoms with Crippen LogP contribution in [-0.4, -0.2) is 46.8 Å². The molecule has 1 aromatic rings.